The third-order valence-corrected chi connectivity index (χ3v) is 9.32. The molecule has 3 rings (SSSR count). The summed E-state index contributed by atoms with van der Waals surface area (Å²) in [5.41, 5.74) is 0.385. The Kier molecular flexibility index (Phi) is 6.76. The van der Waals surface area contributed by atoms with E-state index in [1.807, 2.05) is 0 Å². The van der Waals surface area contributed by atoms with E-state index in [1.54, 1.807) is 23.6 Å². The first-order valence-electron chi connectivity index (χ1n) is 8.68. The largest absolute Gasteiger partial charge is 0.497 e. The molecule has 2 aromatic heterocycles. The lowest BCUT2D eigenvalue weighted by atomic mass is 10.2. The number of benzene rings is 1. The zero-order valence-corrected chi connectivity index (χ0v) is 18.6. The number of ether oxygens (including phenoxy) is 2. The maximum absolute atomic E-state index is 13.2. The molecule has 0 amide bonds. The van der Waals surface area contributed by atoms with Crippen molar-refractivity contribution in [2.24, 2.45) is 0 Å². The Balaban J connectivity index is 1.95. The van der Waals surface area contributed by atoms with Gasteiger partial charge in [0.05, 0.1) is 14.2 Å². The predicted molar refractivity (Wildman–Crippen MR) is 113 cm³/mol. The van der Waals surface area contributed by atoms with Crippen LogP contribution in [0.4, 0.5) is 0 Å². The van der Waals surface area contributed by atoms with Gasteiger partial charge in [0, 0.05) is 25.0 Å². The third-order valence-electron chi connectivity index (χ3n) is 4.33. The number of sulfone groups is 1. The van der Waals surface area contributed by atoms with E-state index in [0.717, 1.165) is 11.3 Å². The molecular weight excluding hydrogens is 448 g/mol. The molecule has 1 unspecified atom stereocenters. The Hall–Kier alpha value is -2.47. The molecule has 0 fully saturated rings. The van der Waals surface area contributed by atoms with Gasteiger partial charge >= 0.3 is 0 Å². The molecule has 30 heavy (non-hydrogen) atoms. The summed E-state index contributed by atoms with van der Waals surface area (Å²) in [6, 6.07) is 10.6. The van der Waals surface area contributed by atoms with Gasteiger partial charge in [-0.2, -0.15) is 0 Å². The highest BCUT2D eigenvalue weighted by Crippen LogP contribution is 2.32. The average molecular weight is 469 g/mol. The molecule has 0 aliphatic rings. The normalized spacial score (nSPS) is 13.0. The van der Waals surface area contributed by atoms with Crippen molar-refractivity contribution in [3.05, 3.63) is 65.8 Å². The van der Waals surface area contributed by atoms with Crippen LogP contribution in [0.5, 0.6) is 11.5 Å². The number of nitrogens with one attached hydrogen (secondary N) is 1. The van der Waals surface area contributed by atoms with Crippen molar-refractivity contribution in [1.29, 1.82) is 0 Å². The molecule has 0 radical (unpaired) electrons. The number of nitrogens with zero attached hydrogens (tertiary/aromatic N) is 1. The molecule has 0 aliphatic heterocycles. The van der Waals surface area contributed by atoms with Crippen LogP contribution >= 0.6 is 11.3 Å². The SMILES string of the molecule is COc1ccc(S(=O)(=O)NCC(c2cccnc2)S(=O)(=O)c2cccs2)c(OC)c1. The number of rotatable bonds is 9. The van der Waals surface area contributed by atoms with E-state index in [-0.39, 0.29) is 21.4 Å². The standard InChI is InChI=1S/C19H20N2O6S3/c1-26-15-7-8-17(16(11-15)27-2)30(24,25)21-13-18(14-5-3-9-20-12-14)29(22,23)19-6-4-10-28-19/h3-12,18,21H,13H2,1-2H3. The Morgan fingerprint density at radius 1 is 1.07 bits per heavy atom. The second kappa shape index (κ2) is 9.13. The van der Waals surface area contributed by atoms with E-state index in [9.17, 15) is 16.8 Å². The fraction of sp³-hybridized carbons (Fsp3) is 0.211. The van der Waals surface area contributed by atoms with Crippen LogP contribution < -0.4 is 14.2 Å². The van der Waals surface area contributed by atoms with Crippen LogP contribution in [0.25, 0.3) is 0 Å². The van der Waals surface area contributed by atoms with Crippen LogP contribution in [0.1, 0.15) is 10.8 Å². The molecule has 11 heteroatoms. The summed E-state index contributed by atoms with van der Waals surface area (Å²) >= 11 is 1.07. The van der Waals surface area contributed by atoms with Gasteiger partial charge in [0.15, 0.2) is 9.84 Å². The van der Waals surface area contributed by atoms with Gasteiger partial charge in [0.2, 0.25) is 10.0 Å². The summed E-state index contributed by atoms with van der Waals surface area (Å²) in [4.78, 5) is 3.86. The lowest BCUT2D eigenvalue weighted by Crippen LogP contribution is -2.32. The summed E-state index contributed by atoms with van der Waals surface area (Å²) in [6.07, 6.45) is 2.93. The van der Waals surface area contributed by atoms with Crippen LogP contribution in [0.2, 0.25) is 0 Å². The van der Waals surface area contributed by atoms with Crippen LogP contribution in [0.15, 0.2) is 69.3 Å². The first-order chi connectivity index (χ1) is 14.3. The van der Waals surface area contributed by atoms with Crippen LogP contribution in [0, 0.1) is 0 Å². The van der Waals surface area contributed by atoms with Crippen molar-refractivity contribution in [1.82, 2.24) is 9.71 Å². The molecule has 2 heterocycles. The number of thiophene rings is 1. The molecule has 1 aromatic carbocycles. The molecular formula is C19H20N2O6S3. The van der Waals surface area contributed by atoms with E-state index in [4.69, 9.17) is 9.47 Å². The predicted octanol–water partition coefficient (Wildman–Crippen LogP) is 2.65. The number of hydrogen-bond acceptors (Lipinski definition) is 8. The summed E-state index contributed by atoms with van der Waals surface area (Å²) in [7, 11) is -5.12. The Labute approximate surface area is 179 Å². The van der Waals surface area contributed by atoms with E-state index in [0.29, 0.717) is 11.3 Å². The topological polar surface area (TPSA) is 112 Å². The average Bonchev–Trinajstić information content (AvgIpc) is 3.30. The van der Waals surface area contributed by atoms with E-state index < -0.39 is 25.1 Å². The Morgan fingerprint density at radius 3 is 2.47 bits per heavy atom. The minimum Gasteiger partial charge on any atom is -0.497 e. The van der Waals surface area contributed by atoms with Crippen LogP contribution in [-0.2, 0) is 19.9 Å². The molecule has 8 nitrogen and oxygen atoms in total. The van der Waals surface area contributed by atoms with Crippen molar-refractivity contribution in [2.75, 3.05) is 20.8 Å². The number of aromatic nitrogens is 1. The first kappa shape index (κ1) is 22.2. The highest BCUT2D eigenvalue weighted by molar-refractivity contribution is 7.93. The highest BCUT2D eigenvalue weighted by atomic mass is 32.2. The summed E-state index contributed by atoms with van der Waals surface area (Å²) in [5.74, 6) is 0.514. The number of sulfonamides is 1. The molecule has 0 spiro atoms. The van der Waals surface area contributed by atoms with Crippen molar-refractivity contribution in [3.8, 4) is 11.5 Å². The zero-order valence-electron chi connectivity index (χ0n) is 16.2. The quantitative estimate of drug-likeness (QED) is 0.514. The second-order valence-electron chi connectivity index (χ2n) is 6.12. The van der Waals surface area contributed by atoms with Gasteiger partial charge in [0.1, 0.15) is 25.9 Å². The monoisotopic (exact) mass is 468 g/mol. The van der Waals surface area contributed by atoms with E-state index in [1.165, 1.54) is 50.9 Å². The number of pyridine rings is 1. The lowest BCUT2D eigenvalue weighted by Gasteiger charge is -2.18. The summed E-state index contributed by atoms with van der Waals surface area (Å²) in [6.45, 7) is -0.372. The van der Waals surface area contributed by atoms with Gasteiger partial charge in [-0.1, -0.05) is 12.1 Å². The Bertz CT molecular complexity index is 1190. The fourth-order valence-corrected chi connectivity index (χ4v) is 6.95. The molecule has 3 aromatic rings. The molecule has 0 aliphatic carbocycles. The summed E-state index contributed by atoms with van der Waals surface area (Å²) < 4.78 is 65.0. The molecule has 1 atom stereocenters. The van der Waals surface area contributed by atoms with Crippen LogP contribution in [0.3, 0.4) is 0 Å². The maximum Gasteiger partial charge on any atom is 0.244 e. The number of hydrogen-bond donors (Lipinski definition) is 1. The fourth-order valence-electron chi connectivity index (χ4n) is 2.80. The molecule has 0 saturated carbocycles. The highest BCUT2D eigenvalue weighted by Gasteiger charge is 2.32. The van der Waals surface area contributed by atoms with Crippen molar-refractivity contribution < 1.29 is 26.3 Å². The Morgan fingerprint density at radius 2 is 1.87 bits per heavy atom. The van der Waals surface area contributed by atoms with E-state index >= 15 is 0 Å². The van der Waals surface area contributed by atoms with E-state index in [2.05, 4.69) is 9.71 Å². The van der Waals surface area contributed by atoms with Gasteiger partial charge in [-0.3, -0.25) is 4.98 Å². The molecule has 160 valence electrons. The molecule has 1 N–H and O–H groups in total. The smallest absolute Gasteiger partial charge is 0.244 e. The molecule has 0 saturated heterocycles. The first-order valence-corrected chi connectivity index (χ1v) is 12.6. The van der Waals surface area contributed by atoms with Crippen molar-refractivity contribution in [2.45, 2.75) is 14.4 Å². The lowest BCUT2D eigenvalue weighted by molar-refractivity contribution is 0.386. The van der Waals surface area contributed by atoms with Gasteiger partial charge in [-0.05, 0) is 35.2 Å². The van der Waals surface area contributed by atoms with Gasteiger partial charge < -0.3 is 9.47 Å². The van der Waals surface area contributed by atoms with Gasteiger partial charge in [0.25, 0.3) is 0 Å². The third kappa shape index (κ3) is 4.64. The maximum atomic E-state index is 13.2. The van der Waals surface area contributed by atoms with Crippen molar-refractivity contribution >= 4 is 31.2 Å². The molecule has 0 bridgehead atoms. The van der Waals surface area contributed by atoms with Gasteiger partial charge in [-0.15, -0.1) is 11.3 Å². The minimum absolute atomic E-state index is 0.0842. The number of methoxy groups -OCH3 is 2. The summed E-state index contributed by atoms with van der Waals surface area (Å²) in [5, 5.41) is 0.503. The van der Waals surface area contributed by atoms with Crippen LogP contribution in [-0.4, -0.2) is 42.6 Å². The minimum atomic E-state index is -4.07. The zero-order chi connectivity index (χ0) is 21.8. The van der Waals surface area contributed by atoms with Gasteiger partial charge in [-0.25, -0.2) is 21.6 Å². The van der Waals surface area contributed by atoms with Crippen molar-refractivity contribution in [3.63, 3.8) is 0 Å². The second-order valence-corrected chi connectivity index (χ2v) is 11.2.